The molecule has 1 amide bonds. The lowest BCUT2D eigenvalue weighted by molar-refractivity contribution is -0.137. The van der Waals surface area contributed by atoms with E-state index in [4.69, 9.17) is 5.11 Å². The average molecular weight is 275 g/mol. The third-order valence-corrected chi connectivity index (χ3v) is 3.94. The Hall–Kier alpha value is -1.84. The molecule has 0 aliphatic carbocycles. The number of carboxylic acid groups (broad SMARTS) is 1. The number of aliphatic carboxylic acids is 1. The molecule has 4 nitrogen and oxygen atoms in total. The van der Waals surface area contributed by atoms with E-state index in [0.29, 0.717) is 5.56 Å². The van der Waals surface area contributed by atoms with Gasteiger partial charge in [-0.1, -0.05) is 19.1 Å². The minimum absolute atomic E-state index is 0.0735. The Labute approximate surface area is 119 Å². The topological polar surface area (TPSA) is 57.6 Å². The molecule has 1 aliphatic rings. The first-order valence-corrected chi connectivity index (χ1v) is 7.10. The van der Waals surface area contributed by atoms with E-state index >= 15 is 0 Å². The van der Waals surface area contributed by atoms with Crippen LogP contribution in [-0.4, -0.2) is 35.0 Å². The highest BCUT2D eigenvalue weighted by molar-refractivity contribution is 5.96. The number of benzene rings is 1. The van der Waals surface area contributed by atoms with Crippen molar-refractivity contribution in [2.45, 2.75) is 39.0 Å². The summed E-state index contributed by atoms with van der Waals surface area (Å²) >= 11 is 0. The van der Waals surface area contributed by atoms with Gasteiger partial charge in [0, 0.05) is 18.7 Å². The zero-order valence-electron chi connectivity index (χ0n) is 12.1. The predicted molar refractivity (Wildman–Crippen MR) is 77.0 cm³/mol. The molecule has 1 unspecified atom stereocenters. The maximum absolute atomic E-state index is 12.5. The van der Waals surface area contributed by atoms with Crippen LogP contribution >= 0.6 is 0 Å². The zero-order chi connectivity index (χ0) is 14.7. The Morgan fingerprint density at radius 1 is 1.30 bits per heavy atom. The van der Waals surface area contributed by atoms with Crippen molar-refractivity contribution >= 4 is 11.9 Å². The van der Waals surface area contributed by atoms with Crippen LogP contribution in [0.5, 0.6) is 0 Å². The van der Waals surface area contributed by atoms with Crippen molar-refractivity contribution in [3.8, 4) is 0 Å². The van der Waals surface area contributed by atoms with E-state index in [0.717, 1.165) is 37.1 Å². The first kappa shape index (κ1) is 14.6. The van der Waals surface area contributed by atoms with Crippen molar-refractivity contribution in [1.29, 1.82) is 0 Å². The SMILES string of the molecule is Cc1ccc(C(C)CC(=O)O)cc1C(=O)N1CCCC1. The summed E-state index contributed by atoms with van der Waals surface area (Å²) in [5.41, 5.74) is 2.58. The molecule has 1 aromatic rings. The summed E-state index contributed by atoms with van der Waals surface area (Å²) in [6, 6.07) is 5.70. The van der Waals surface area contributed by atoms with Crippen LogP contribution in [0.4, 0.5) is 0 Å². The Bertz CT molecular complexity index is 518. The van der Waals surface area contributed by atoms with Crippen LogP contribution in [0.15, 0.2) is 18.2 Å². The molecule has 108 valence electrons. The van der Waals surface area contributed by atoms with E-state index in [1.165, 1.54) is 0 Å². The number of hydrogen-bond acceptors (Lipinski definition) is 2. The fourth-order valence-electron chi connectivity index (χ4n) is 2.65. The van der Waals surface area contributed by atoms with Gasteiger partial charge in [0.05, 0.1) is 6.42 Å². The van der Waals surface area contributed by atoms with Crippen LogP contribution in [0.2, 0.25) is 0 Å². The van der Waals surface area contributed by atoms with E-state index in [1.54, 1.807) is 0 Å². The smallest absolute Gasteiger partial charge is 0.303 e. The van der Waals surface area contributed by atoms with Crippen molar-refractivity contribution in [1.82, 2.24) is 4.90 Å². The van der Waals surface area contributed by atoms with Crippen LogP contribution in [0, 0.1) is 6.92 Å². The summed E-state index contributed by atoms with van der Waals surface area (Å²) in [4.78, 5) is 25.2. The fourth-order valence-corrected chi connectivity index (χ4v) is 2.65. The van der Waals surface area contributed by atoms with Crippen molar-refractivity contribution in [2.24, 2.45) is 0 Å². The highest BCUT2D eigenvalue weighted by Gasteiger charge is 2.22. The standard InChI is InChI=1S/C16H21NO3/c1-11-5-6-13(12(2)9-15(18)19)10-14(11)16(20)17-7-3-4-8-17/h5-6,10,12H,3-4,7-9H2,1-2H3,(H,18,19). The van der Waals surface area contributed by atoms with E-state index in [-0.39, 0.29) is 18.2 Å². The second-order valence-corrected chi connectivity index (χ2v) is 5.57. The highest BCUT2D eigenvalue weighted by Crippen LogP contribution is 2.24. The molecule has 1 aliphatic heterocycles. The van der Waals surface area contributed by atoms with Crippen molar-refractivity contribution < 1.29 is 14.7 Å². The van der Waals surface area contributed by atoms with Gasteiger partial charge in [-0.15, -0.1) is 0 Å². The normalized spacial score (nSPS) is 16.2. The van der Waals surface area contributed by atoms with E-state index in [2.05, 4.69) is 0 Å². The number of hydrogen-bond donors (Lipinski definition) is 1. The summed E-state index contributed by atoms with van der Waals surface area (Å²) in [6.07, 6.45) is 2.22. The summed E-state index contributed by atoms with van der Waals surface area (Å²) in [6.45, 7) is 5.46. The number of amides is 1. The minimum atomic E-state index is -0.814. The molecule has 0 aromatic heterocycles. The molecular formula is C16H21NO3. The first-order chi connectivity index (χ1) is 9.49. The monoisotopic (exact) mass is 275 g/mol. The summed E-state index contributed by atoms with van der Waals surface area (Å²) in [5.74, 6) is -0.826. The number of carboxylic acids is 1. The largest absolute Gasteiger partial charge is 0.481 e. The van der Waals surface area contributed by atoms with Crippen LogP contribution in [0.3, 0.4) is 0 Å². The maximum Gasteiger partial charge on any atom is 0.303 e. The molecular weight excluding hydrogens is 254 g/mol. The van der Waals surface area contributed by atoms with E-state index < -0.39 is 5.97 Å². The molecule has 0 spiro atoms. The summed E-state index contributed by atoms with van der Waals surface area (Å²) in [7, 11) is 0. The van der Waals surface area contributed by atoms with Crippen LogP contribution in [0.25, 0.3) is 0 Å². The van der Waals surface area contributed by atoms with Gasteiger partial charge in [0.15, 0.2) is 0 Å². The molecule has 2 rings (SSSR count). The number of aryl methyl sites for hydroxylation is 1. The minimum Gasteiger partial charge on any atom is -0.481 e. The Balaban J connectivity index is 2.24. The Kier molecular flexibility index (Phi) is 4.42. The van der Waals surface area contributed by atoms with Crippen LogP contribution < -0.4 is 0 Å². The molecule has 1 heterocycles. The van der Waals surface area contributed by atoms with Crippen molar-refractivity contribution in [3.05, 3.63) is 34.9 Å². The van der Waals surface area contributed by atoms with E-state index in [9.17, 15) is 9.59 Å². The highest BCUT2D eigenvalue weighted by atomic mass is 16.4. The second kappa shape index (κ2) is 6.07. The lowest BCUT2D eigenvalue weighted by atomic mass is 9.94. The number of carbonyl (C=O) groups excluding carboxylic acids is 1. The van der Waals surface area contributed by atoms with Crippen LogP contribution in [-0.2, 0) is 4.79 Å². The molecule has 1 fully saturated rings. The zero-order valence-corrected chi connectivity index (χ0v) is 12.1. The van der Waals surface area contributed by atoms with Crippen molar-refractivity contribution in [2.75, 3.05) is 13.1 Å². The lowest BCUT2D eigenvalue weighted by Crippen LogP contribution is -2.28. The number of carbonyl (C=O) groups is 2. The first-order valence-electron chi connectivity index (χ1n) is 7.10. The molecule has 0 radical (unpaired) electrons. The number of rotatable bonds is 4. The van der Waals surface area contributed by atoms with Gasteiger partial charge in [0.1, 0.15) is 0 Å². The average Bonchev–Trinajstić information content (AvgIpc) is 2.91. The van der Waals surface area contributed by atoms with Gasteiger partial charge >= 0.3 is 5.97 Å². The molecule has 1 saturated heterocycles. The Morgan fingerprint density at radius 3 is 2.55 bits per heavy atom. The van der Waals surface area contributed by atoms with Crippen molar-refractivity contribution in [3.63, 3.8) is 0 Å². The van der Waals surface area contributed by atoms with Gasteiger partial charge in [-0.3, -0.25) is 9.59 Å². The lowest BCUT2D eigenvalue weighted by Gasteiger charge is -2.18. The van der Waals surface area contributed by atoms with Gasteiger partial charge < -0.3 is 10.0 Å². The van der Waals surface area contributed by atoms with Crippen LogP contribution in [0.1, 0.15) is 53.6 Å². The molecule has 1 atom stereocenters. The summed E-state index contributed by atoms with van der Waals surface area (Å²) in [5, 5.41) is 8.88. The third-order valence-electron chi connectivity index (χ3n) is 3.94. The van der Waals surface area contributed by atoms with Gasteiger partial charge in [0.2, 0.25) is 0 Å². The molecule has 1 aromatic carbocycles. The molecule has 0 bridgehead atoms. The third kappa shape index (κ3) is 3.18. The fraction of sp³-hybridized carbons (Fsp3) is 0.500. The van der Waals surface area contributed by atoms with Gasteiger partial charge in [-0.25, -0.2) is 0 Å². The van der Waals surface area contributed by atoms with Gasteiger partial charge in [-0.05, 0) is 42.9 Å². The molecule has 1 N–H and O–H groups in total. The maximum atomic E-state index is 12.5. The summed E-state index contributed by atoms with van der Waals surface area (Å²) < 4.78 is 0. The predicted octanol–water partition coefficient (Wildman–Crippen LogP) is 2.81. The van der Waals surface area contributed by atoms with Gasteiger partial charge in [0.25, 0.3) is 5.91 Å². The number of nitrogens with zero attached hydrogens (tertiary/aromatic N) is 1. The molecule has 0 saturated carbocycles. The Morgan fingerprint density at radius 2 is 1.95 bits per heavy atom. The molecule has 4 heteroatoms. The van der Waals surface area contributed by atoms with E-state index in [1.807, 2.05) is 36.9 Å². The quantitative estimate of drug-likeness (QED) is 0.919. The molecule has 20 heavy (non-hydrogen) atoms. The van der Waals surface area contributed by atoms with Gasteiger partial charge in [-0.2, -0.15) is 0 Å². The number of likely N-dealkylation sites (tertiary alicyclic amines) is 1. The second-order valence-electron chi connectivity index (χ2n) is 5.57.